The zero-order valence-electron chi connectivity index (χ0n) is 20.5. The molecule has 0 unspecified atom stereocenters. The Kier molecular flexibility index (Phi) is 7.20. The number of hydrogen-bond acceptors (Lipinski definition) is 5. The lowest BCUT2D eigenvalue weighted by molar-refractivity contribution is -0.141. The number of nitrogens with zero attached hydrogens (tertiary/aromatic N) is 4. The molecule has 12 heteroatoms. The van der Waals surface area contributed by atoms with Gasteiger partial charge in [-0.15, -0.1) is 0 Å². The van der Waals surface area contributed by atoms with E-state index in [1.54, 1.807) is 6.07 Å². The number of nitriles is 1. The van der Waals surface area contributed by atoms with Crippen molar-refractivity contribution in [2.45, 2.75) is 50.9 Å². The first kappa shape index (κ1) is 27.5. The van der Waals surface area contributed by atoms with Gasteiger partial charge in [-0.05, 0) is 74.8 Å². The molecule has 0 atom stereocenters. The average molecular weight is 549 g/mol. The van der Waals surface area contributed by atoms with Gasteiger partial charge in [-0.25, -0.2) is 4.39 Å². The third kappa shape index (κ3) is 4.96. The number of aryl methyl sites for hydroxylation is 1. The van der Waals surface area contributed by atoms with Crippen LogP contribution in [0.3, 0.4) is 0 Å². The minimum Gasteiger partial charge on any atom is -0.389 e. The van der Waals surface area contributed by atoms with Gasteiger partial charge in [-0.2, -0.15) is 18.4 Å². The number of anilines is 2. The van der Waals surface area contributed by atoms with E-state index in [2.05, 4.69) is 0 Å². The zero-order valence-corrected chi connectivity index (χ0v) is 21.4. The molecule has 2 heterocycles. The number of carbonyl (C=O) groups is 2. The smallest absolute Gasteiger partial charge is 0.389 e. The van der Waals surface area contributed by atoms with Gasteiger partial charge in [-0.3, -0.25) is 14.5 Å². The summed E-state index contributed by atoms with van der Waals surface area (Å²) in [5.41, 5.74) is -2.67. The van der Waals surface area contributed by atoms with Crippen molar-refractivity contribution in [1.29, 1.82) is 5.26 Å². The van der Waals surface area contributed by atoms with Gasteiger partial charge in [-0.1, -0.05) is 6.07 Å². The SMILES string of the molecule is CC1(C)C(=O)N(c2ccc(C#N)c(C(F)(F)F)c2)C(=S)N1c1ccc(CCCC(=O)N2CC(O)C2)c(F)c1. The van der Waals surface area contributed by atoms with Crippen molar-refractivity contribution in [2.75, 3.05) is 22.9 Å². The van der Waals surface area contributed by atoms with Crippen molar-refractivity contribution in [3.8, 4) is 6.07 Å². The molecule has 0 aromatic heterocycles. The molecule has 2 aromatic carbocycles. The molecule has 200 valence electrons. The molecule has 2 fully saturated rings. The van der Waals surface area contributed by atoms with E-state index in [4.69, 9.17) is 17.5 Å². The summed E-state index contributed by atoms with van der Waals surface area (Å²) in [6.07, 6.45) is -4.40. The van der Waals surface area contributed by atoms with Crippen LogP contribution in [-0.4, -0.2) is 51.7 Å². The number of aliphatic hydroxyl groups excluding tert-OH is 1. The van der Waals surface area contributed by atoms with Crippen molar-refractivity contribution in [1.82, 2.24) is 4.90 Å². The third-order valence-electron chi connectivity index (χ3n) is 6.70. The number of rotatable bonds is 6. The molecule has 0 radical (unpaired) electrons. The molecule has 2 amide bonds. The van der Waals surface area contributed by atoms with Gasteiger partial charge in [0.05, 0.1) is 29.0 Å². The second-order valence-corrected chi connectivity index (χ2v) is 10.1. The number of likely N-dealkylation sites (tertiary alicyclic amines) is 1. The highest BCUT2D eigenvalue weighted by atomic mass is 32.1. The van der Waals surface area contributed by atoms with E-state index in [1.165, 1.54) is 47.9 Å². The lowest BCUT2D eigenvalue weighted by Crippen LogP contribution is -2.53. The number of amides is 2. The molecule has 0 saturated carbocycles. The Morgan fingerprint density at radius 2 is 1.84 bits per heavy atom. The minimum atomic E-state index is -4.82. The van der Waals surface area contributed by atoms with Crippen LogP contribution in [0.5, 0.6) is 0 Å². The maximum Gasteiger partial charge on any atom is 0.417 e. The fraction of sp³-hybridized carbons (Fsp3) is 0.385. The van der Waals surface area contributed by atoms with Crippen LogP contribution in [0.4, 0.5) is 28.9 Å². The summed E-state index contributed by atoms with van der Waals surface area (Å²) < 4.78 is 55.6. The molecule has 1 N–H and O–H groups in total. The predicted octanol–water partition coefficient (Wildman–Crippen LogP) is 4.16. The average Bonchev–Trinajstić information content (AvgIpc) is 3.00. The normalized spacial score (nSPS) is 17.6. The van der Waals surface area contributed by atoms with Gasteiger partial charge in [0.1, 0.15) is 11.4 Å². The Labute approximate surface area is 221 Å². The molecule has 7 nitrogen and oxygen atoms in total. The first-order valence-electron chi connectivity index (χ1n) is 11.8. The summed E-state index contributed by atoms with van der Waals surface area (Å²) in [5.74, 6) is -1.29. The number of aliphatic hydroxyl groups is 1. The molecular weight excluding hydrogens is 524 g/mol. The van der Waals surface area contributed by atoms with Crippen molar-refractivity contribution >= 4 is 40.5 Å². The Balaban J connectivity index is 1.55. The van der Waals surface area contributed by atoms with Crippen molar-refractivity contribution in [3.05, 3.63) is 58.9 Å². The van der Waals surface area contributed by atoms with E-state index in [-0.39, 0.29) is 28.8 Å². The van der Waals surface area contributed by atoms with Gasteiger partial charge < -0.3 is 14.9 Å². The van der Waals surface area contributed by atoms with E-state index in [9.17, 15) is 27.9 Å². The van der Waals surface area contributed by atoms with Crippen LogP contribution in [0.1, 0.15) is 43.4 Å². The summed E-state index contributed by atoms with van der Waals surface area (Å²) >= 11 is 5.48. The lowest BCUT2D eigenvalue weighted by atomic mass is 10.0. The van der Waals surface area contributed by atoms with Crippen LogP contribution < -0.4 is 9.80 Å². The summed E-state index contributed by atoms with van der Waals surface area (Å²) in [5, 5.41) is 18.2. The second-order valence-electron chi connectivity index (χ2n) is 9.74. The first-order chi connectivity index (χ1) is 17.8. The van der Waals surface area contributed by atoms with Crippen LogP contribution in [0, 0.1) is 17.1 Å². The van der Waals surface area contributed by atoms with Gasteiger partial charge in [0.25, 0.3) is 5.91 Å². The standard InChI is InChI=1S/C26H24F4N4O3S/c1-25(2)23(37)33(17-8-7-16(12-31)20(10-17)26(28,29)30)24(38)34(25)18-9-6-15(21(27)11-18)4-3-5-22(36)32-13-19(35)14-32/h6-11,19,35H,3-5,13-14H2,1-2H3. The fourth-order valence-corrected chi connectivity index (χ4v) is 5.11. The van der Waals surface area contributed by atoms with Crippen LogP contribution in [0.15, 0.2) is 36.4 Å². The van der Waals surface area contributed by atoms with E-state index in [0.29, 0.717) is 37.6 Å². The van der Waals surface area contributed by atoms with Gasteiger partial charge in [0, 0.05) is 25.2 Å². The number of thiocarbonyl (C=S) groups is 1. The van der Waals surface area contributed by atoms with E-state index in [1.807, 2.05) is 0 Å². The van der Waals surface area contributed by atoms with Crippen LogP contribution in [0.25, 0.3) is 0 Å². The monoisotopic (exact) mass is 548 g/mol. The summed E-state index contributed by atoms with van der Waals surface area (Å²) in [6, 6.07) is 8.69. The number of halogens is 4. The molecule has 0 bridgehead atoms. The number of carbonyl (C=O) groups excluding carboxylic acids is 2. The quantitative estimate of drug-likeness (QED) is 0.431. The maximum atomic E-state index is 15.0. The molecule has 2 aliphatic heterocycles. The highest BCUT2D eigenvalue weighted by Gasteiger charge is 2.50. The number of β-amino-alcohol motifs (C(OH)–C–C–N with tert-alkyl or cyclic N) is 1. The molecule has 0 aliphatic carbocycles. The summed E-state index contributed by atoms with van der Waals surface area (Å²) in [6.45, 7) is 3.67. The Bertz CT molecular complexity index is 1350. The maximum absolute atomic E-state index is 15.0. The number of hydrogen-bond donors (Lipinski definition) is 1. The van der Waals surface area contributed by atoms with Crippen molar-refractivity contribution < 1.29 is 32.3 Å². The van der Waals surface area contributed by atoms with E-state index < -0.39 is 40.7 Å². The Hall–Kier alpha value is -3.56. The van der Waals surface area contributed by atoms with Crippen LogP contribution in [0.2, 0.25) is 0 Å². The third-order valence-corrected chi connectivity index (χ3v) is 7.07. The molecule has 2 aromatic rings. The first-order valence-corrected chi connectivity index (χ1v) is 12.2. The van der Waals surface area contributed by atoms with Gasteiger partial charge >= 0.3 is 6.18 Å². The van der Waals surface area contributed by atoms with Gasteiger partial charge in [0.2, 0.25) is 5.91 Å². The van der Waals surface area contributed by atoms with Crippen LogP contribution >= 0.6 is 12.2 Å². The highest BCUT2D eigenvalue weighted by Crippen LogP contribution is 2.40. The summed E-state index contributed by atoms with van der Waals surface area (Å²) in [4.78, 5) is 29.2. The highest BCUT2D eigenvalue weighted by molar-refractivity contribution is 7.81. The predicted molar refractivity (Wildman–Crippen MR) is 135 cm³/mol. The summed E-state index contributed by atoms with van der Waals surface area (Å²) in [7, 11) is 0. The second kappa shape index (κ2) is 9.96. The lowest BCUT2D eigenvalue weighted by Gasteiger charge is -2.35. The van der Waals surface area contributed by atoms with Gasteiger partial charge in [0.15, 0.2) is 5.11 Å². The van der Waals surface area contributed by atoms with Crippen molar-refractivity contribution in [2.24, 2.45) is 0 Å². The van der Waals surface area contributed by atoms with E-state index >= 15 is 4.39 Å². The minimum absolute atomic E-state index is 0.105. The van der Waals surface area contributed by atoms with Crippen LogP contribution in [-0.2, 0) is 22.2 Å². The molecule has 2 aliphatic rings. The fourth-order valence-electron chi connectivity index (χ4n) is 4.58. The Morgan fingerprint density at radius 3 is 2.42 bits per heavy atom. The molecule has 4 rings (SSSR count). The molecule has 38 heavy (non-hydrogen) atoms. The van der Waals surface area contributed by atoms with Crippen molar-refractivity contribution in [3.63, 3.8) is 0 Å². The topological polar surface area (TPSA) is 87.9 Å². The van der Waals surface area contributed by atoms with E-state index in [0.717, 1.165) is 11.0 Å². The Morgan fingerprint density at radius 1 is 1.18 bits per heavy atom. The molecule has 2 saturated heterocycles. The molecule has 0 spiro atoms. The largest absolute Gasteiger partial charge is 0.417 e. The number of benzene rings is 2. The zero-order chi connectivity index (χ0) is 28.0. The molecular formula is C26H24F4N4O3S. The number of alkyl halides is 3.